The van der Waals surface area contributed by atoms with Crippen molar-refractivity contribution in [3.05, 3.63) is 42.4 Å². The highest BCUT2D eigenvalue weighted by Crippen LogP contribution is 2.17. The van der Waals surface area contributed by atoms with E-state index in [0.29, 0.717) is 12.2 Å². The van der Waals surface area contributed by atoms with Gasteiger partial charge in [-0.2, -0.15) is 8.42 Å². The highest BCUT2D eigenvalue weighted by molar-refractivity contribution is 7.92. The zero-order valence-electron chi connectivity index (χ0n) is 11.4. The monoisotopic (exact) mass is 294 g/mol. The molecule has 7 heteroatoms. The Bertz CT molecular complexity index is 675. The first kappa shape index (κ1) is 14.5. The molecule has 0 amide bonds. The normalized spacial score (nSPS) is 13.2. The van der Waals surface area contributed by atoms with Crippen molar-refractivity contribution < 1.29 is 8.42 Å². The van der Waals surface area contributed by atoms with E-state index in [1.54, 1.807) is 28.8 Å². The quantitative estimate of drug-likeness (QED) is 0.878. The summed E-state index contributed by atoms with van der Waals surface area (Å²) >= 11 is 0. The number of benzene rings is 1. The maximum Gasteiger partial charge on any atom is 0.280 e. The molecule has 3 N–H and O–H groups in total. The van der Waals surface area contributed by atoms with E-state index in [0.717, 1.165) is 5.56 Å². The van der Waals surface area contributed by atoms with Crippen LogP contribution in [0.2, 0.25) is 0 Å². The summed E-state index contributed by atoms with van der Waals surface area (Å²) in [5, 5.41) is 0.00983. The van der Waals surface area contributed by atoms with E-state index in [1.165, 1.54) is 12.5 Å². The maximum absolute atomic E-state index is 12.1. The number of nitrogens with two attached hydrogens (primary N) is 1. The number of nitrogens with zero attached hydrogens (tertiary/aromatic N) is 2. The van der Waals surface area contributed by atoms with Crippen molar-refractivity contribution in [2.45, 2.75) is 31.5 Å². The lowest BCUT2D eigenvalue weighted by molar-refractivity contribution is 0.598. The molecule has 0 saturated carbocycles. The largest absolute Gasteiger partial charge is 0.336 e. The maximum atomic E-state index is 12.1. The molecule has 0 aliphatic carbocycles. The number of hydrogen-bond acceptors (Lipinski definition) is 4. The molecule has 108 valence electrons. The number of aryl methyl sites for hydroxylation is 1. The summed E-state index contributed by atoms with van der Waals surface area (Å²) in [6, 6.07) is 6.89. The van der Waals surface area contributed by atoms with Crippen LogP contribution in [0.5, 0.6) is 0 Å². The third kappa shape index (κ3) is 3.17. The first-order valence-electron chi connectivity index (χ1n) is 6.32. The van der Waals surface area contributed by atoms with Gasteiger partial charge in [0, 0.05) is 24.5 Å². The average Bonchev–Trinajstić information content (AvgIpc) is 2.88. The number of anilines is 1. The summed E-state index contributed by atoms with van der Waals surface area (Å²) in [6.45, 7) is 4.46. The van der Waals surface area contributed by atoms with Gasteiger partial charge in [-0.15, -0.1) is 0 Å². The molecule has 0 radical (unpaired) electrons. The highest BCUT2D eigenvalue weighted by Gasteiger charge is 2.17. The van der Waals surface area contributed by atoms with Crippen LogP contribution in [0.1, 0.15) is 25.5 Å². The van der Waals surface area contributed by atoms with E-state index in [4.69, 9.17) is 5.73 Å². The Morgan fingerprint density at radius 3 is 2.50 bits per heavy atom. The Morgan fingerprint density at radius 1 is 1.35 bits per heavy atom. The molecule has 1 atom stereocenters. The molecule has 2 aromatic rings. The summed E-state index contributed by atoms with van der Waals surface area (Å²) in [4.78, 5) is 3.89. The average molecular weight is 294 g/mol. The van der Waals surface area contributed by atoms with Gasteiger partial charge in [0.15, 0.2) is 5.03 Å². The molecule has 0 bridgehead atoms. The molecule has 6 nitrogen and oxygen atoms in total. The van der Waals surface area contributed by atoms with E-state index < -0.39 is 10.0 Å². The Balaban J connectivity index is 2.19. The minimum absolute atomic E-state index is 0.00983. The summed E-state index contributed by atoms with van der Waals surface area (Å²) in [7, 11) is -3.65. The predicted molar refractivity (Wildman–Crippen MR) is 77.8 cm³/mol. The van der Waals surface area contributed by atoms with E-state index in [-0.39, 0.29) is 11.1 Å². The topological polar surface area (TPSA) is 90.0 Å². The third-order valence-electron chi connectivity index (χ3n) is 2.94. The molecule has 0 fully saturated rings. The fraction of sp³-hybridized carbons (Fsp3) is 0.308. The van der Waals surface area contributed by atoms with E-state index in [2.05, 4.69) is 9.71 Å². The molecule has 2 rings (SSSR count). The lowest BCUT2D eigenvalue weighted by atomic mass is 10.1. The number of hydrogen-bond donors (Lipinski definition) is 2. The van der Waals surface area contributed by atoms with Crippen LogP contribution in [0.4, 0.5) is 5.69 Å². The molecule has 20 heavy (non-hydrogen) atoms. The standard InChI is InChI=1S/C13H18N4O2S/c1-3-17-8-13(15-9-17)20(18,19)16-12-6-4-11(5-7-12)10(2)14/h4-10,16H,3,14H2,1-2H3. The first-order valence-corrected chi connectivity index (χ1v) is 7.81. The first-order chi connectivity index (χ1) is 9.42. The van der Waals surface area contributed by atoms with E-state index in [1.807, 2.05) is 13.8 Å². The second-order valence-electron chi connectivity index (χ2n) is 4.56. The molecule has 0 spiro atoms. The van der Waals surface area contributed by atoms with Gasteiger partial charge in [0.25, 0.3) is 10.0 Å². The molecule has 0 saturated heterocycles. The summed E-state index contributed by atoms with van der Waals surface area (Å²) in [6.07, 6.45) is 2.99. The molecule has 0 aliphatic rings. The fourth-order valence-corrected chi connectivity index (χ4v) is 2.72. The van der Waals surface area contributed by atoms with Gasteiger partial charge in [0.2, 0.25) is 0 Å². The second-order valence-corrected chi connectivity index (χ2v) is 6.19. The van der Waals surface area contributed by atoms with Crippen LogP contribution in [0, 0.1) is 0 Å². The zero-order valence-corrected chi connectivity index (χ0v) is 12.3. The molecule has 1 aromatic heterocycles. The van der Waals surface area contributed by atoms with Crippen molar-refractivity contribution in [3.8, 4) is 0 Å². The SMILES string of the molecule is CCn1cnc(S(=O)(=O)Nc2ccc(C(C)N)cc2)c1. The van der Waals surface area contributed by atoms with Crippen LogP contribution in [-0.4, -0.2) is 18.0 Å². The summed E-state index contributed by atoms with van der Waals surface area (Å²) in [5.74, 6) is 0. The van der Waals surface area contributed by atoms with Crippen molar-refractivity contribution in [2.75, 3.05) is 4.72 Å². The Hall–Kier alpha value is -1.86. The van der Waals surface area contributed by atoms with Crippen LogP contribution >= 0.6 is 0 Å². The van der Waals surface area contributed by atoms with Gasteiger partial charge in [0.05, 0.1) is 6.33 Å². The summed E-state index contributed by atoms with van der Waals surface area (Å²) in [5.41, 5.74) is 7.18. The highest BCUT2D eigenvalue weighted by atomic mass is 32.2. The Kier molecular flexibility index (Phi) is 4.10. The van der Waals surface area contributed by atoms with Crippen molar-refractivity contribution in [2.24, 2.45) is 5.73 Å². The van der Waals surface area contributed by atoms with Crippen molar-refractivity contribution in [3.63, 3.8) is 0 Å². The Morgan fingerprint density at radius 2 is 2.00 bits per heavy atom. The zero-order chi connectivity index (χ0) is 14.8. The smallest absolute Gasteiger partial charge is 0.280 e. The Labute approximate surface area is 118 Å². The second kappa shape index (κ2) is 5.64. The van der Waals surface area contributed by atoms with Gasteiger partial charge in [-0.3, -0.25) is 4.72 Å². The number of sulfonamides is 1. The minimum atomic E-state index is -3.65. The number of imidazole rings is 1. The predicted octanol–water partition coefficient (Wildman–Crippen LogP) is 1.72. The minimum Gasteiger partial charge on any atom is -0.336 e. The van der Waals surface area contributed by atoms with Crippen molar-refractivity contribution in [1.82, 2.24) is 9.55 Å². The number of rotatable bonds is 5. The van der Waals surface area contributed by atoms with Gasteiger partial charge in [-0.05, 0) is 31.5 Å². The van der Waals surface area contributed by atoms with E-state index >= 15 is 0 Å². The van der Waals surface area contributed by atoms with Gasteiger partial charge in [0.1, 0.15) is 0 Å². The molecule has 1 aromatic carbocycles. The van der Waals surface area contributed by atoms with E-state index in [9.17, 15) is 8.42 Å². The van der Waals surface area contributed by atoms with Crippen LogP contribution < -0.4 is 10.5 Å². The van der Waals surface area contributed by atoms with Crippen LogP contribution in [0.3, 0.4) is 0 Å². The molecular weight excluding hydrogens is 276 g/mol. The van der Waals surface area contributed by atoms with Crippen molar-refractivity contribution >= 4 is 15.7 Å². The lowest BCUT2D eigenvalue weighted by Crippen LogP contribution is -2.13. The molecule has 0 aliphatic heterocycles. The van der Waals surface area contributed by atoms with Crippen molar-refractivity contribution in [1.29, 1.82) is 0 Å². The molecule has 1 unspecified atom stereocenters. The van der Waals surface area contributed by atoms with Crippen LogP contribution in [-0.2, 0) is 16.6 Å². The molecular formula is C13H18N4O2S. The van der Waals surface area contributed by atoms with Crippen LogP contribution in [0.25, 0.3) is 0 Å². The van der Waals surface area contributed by atoms with Crippen LogP contribution in [0.15, 0.2) is 41.8 Å². The van der Waals surface area contributed by atoms with Gasteiger partial charge in [-0.25, -0.2) is 4.98 Å². The third-order valence-corrected chi connectivity index (χ3v) is 4.20. The summed E-state index contributed by atoms with van der Waals surface area (Å²) < 4.78 is 28.5. The fourth-order valence-electron chi connectivity index (χ4n) is 1.71. The van der Waals surface area contributed by atoms with Gasteiger partial charge in [-0.1, -0.05) is 12.1 Å². The number of nitrogens with one attached hydrogen (secondary N) is 1. The van der Waals surface area contributed by atoms with Gasteiger partial charge < -0.3 is 10.3 Å². The van der Waals surface area contributed by atoms with Gasteiger partial charge >= 0.3 is 0 Å². The molecule has 1 heterocycles. The lowest BCUT2D eigenvalue weighted by Gasteiger charge is -2.08. The number of aromatic nitrogens is 2.